The van der Waals surface area contributed by atoms with Gasteiger partial charge < -0.3 is 4.74 Å². The van der Waals surface area contributed by atoms with E-state index in [1.54, 1.807) is 0 Å². The van der Waals surface area contributed by atoms with Gasteiger partial charge in [-0.05, 0) is 37.5 Å². The summed E-state index contributed by atoms with van der Waals surface area (Å²) in [5.74, 6) is 0.788. The monoisotopic (exact) mass is 215 g/mol. The zero-order valence-corrected chi connectivity index (χ0v) is 10.1. The highest BCUT2D eigenvalue weighted by Gasteiger charge is 2.14. The van der Waals surface area contributed by atoms with Crippen LogP contribution in [0.3, 0.4) is 0 Å². The number of aliphatic imine (C=N–C) groups is 1. The largest absolute Gasteiger partial charge is 0.478 e. The molecule has 0 unspecified atom stereocenters. The molecule has 16 heavy (non-hydrogen) atoms. The Morgan fingerprint density at radius 3 is 2.69 bits per heavy atom. The van der Waals surface area contributed by atoms with Crippen molar-refractivity contribution >= 4 is 11.5 Å². The summed E-state index contributed by atoms with van der Waals surface area (Å²) in [6, 6.07) is 8.41. The second-order valence-corrected chi connectivity index (χ2v) is 3.96. The van der Waals surface area contributed by atoms with Crippen LogP contribution in [0.25, 0.3) is 5.57 Å². The standard InChI is InChI=1S/C14H17NO/c1-4-16-14-11(3)10(2)13-8-6-5-7-12(13)9-15-14/h5-8H,4,9H2,1-3H3. The Bertz CT molecular complexity index is 458. The number of allylic oxidation sites excluding steroid dienone is 1. The van der Waals surface area contributed by atoms with Crippen molar-refractivity contribution in [3.05, 3.63) is 41.0 Å². The maximum atomic E-state index is 5.57. The zero-order valence-electron chi connectivity index (χ0n) is 10.1. The third-order valence-corrected chi connectivity index (χ3v) is 2.98. The molecule has 1 aromatic carbocycles. The first-order chi connectivity index (χ1) is 7.74. The minimum absolute atomic E-state index is 0.666. The third kappa shape index (κ3) is 1.87. The van der Waals surface area contributed by atoms with Gasteiger partial charge in [-0.25, -0.2) is 4.99 Å². The van der Waals surface area contributed by atoms with Gasteiger partial charge in [-0.1, -0.05) is 24.3 Å². The summed E-state index contributed by atoms with van der Waals surface area (Å²) in [4.78, 5) is 4.52. The Balaban J connectivity index is 2.50. The quantitative estimate of drug-likeness (QED) is 0.703. The van der Waals surface area contributed by atoms with Gasteiger partial charge in [0.05, 0.1) is 13.2 Å². The minimum atomic E-state index is 0.666. The number of hydrogen-bond donors (Lipinski definition) is 0. The van der Waals surface area contributed by atoms with Crippen molar-refractivity contribution in [2.75, 3.05) is 6.61 Å². The first-order valence-corrected chi connectivity index (χ1v) is 5.67. The normalized spacial score (nSPS) is 15.3. The van der Waals surface area contributed by atoms with Gasteiger partial charge in [-0.15, -0.1) is 0 Å². The molecule has 2 heteroatoms. The maximum Gasteiger partial charge on any atom is 0.212 e. The summed E-state index contributed by atoms with van der Waals surface area (Å²) in [6.07, 6.45) is 0. The first-order valence-electron chi connectivity index (χ1n) is 5.67. The van der Waals surface area contributed by atoms with Crippen molar-refractivity contribution in [1.82, 2.24) is 0 Å². The van der Waals surface area contributed by atoms with Gasteiger partial charge in [-0.3, -0.25) is 0 Å². The zero-order chi connectivity index (χ0) is 11.5. The fourth-order valence-electron chi connectivity index (χ4n) is 1.95. The van der Waals surface area contributed by atoms with Crippen LogP contribution in [0.1, 0.15) is 31.9 Å². The summed E-state index contributed by atoms with van der Waals surface area (Å²) < 4.78 is 5.57. The molecule has 84 valence electrons. The van der Waals surface area contributed by atoms with Crippen LogP contribution < -0.4 is 0 Å². The van der Waals surface area contributed by atoms with Gasteiger partial charge in [0.25, 0.3) is 0 Å². The molecule has 1 aliphatic rings. The lowest BCUT2D eigenvalue weighted by molar-refractivity contribution is 0.326. The van der Waals surface area contributed by atoms with Crippen molar-refractivity contribution in [3.8, 4) is 0 Å². The molecule has 1 aliphatic heterocycles. The Kier molecular flexibility index (Phi) is 3.09. The molecule has 0 saturated carbocycles. The minimum Gasteiger partial charge on any atom is -0.478 e. The fourth-order valence-corrected chi connectivity index (χ4v) is 1.95. The fraction of sp³-hybridized carbons (Fsp3) is 0.357. The highest BCUT2D eigenvalue weighted by molar-refractivity contribution is 6.01. The molecule has 2 nitrogen and oxygen atoms in total. The molecule has 0 fully saturated rings. The molecule has 1 aromatic rings. The van der Waals surface area contributed by atoms with Crippen LogP contribution in [0.2, 0.25) is 0 Å². The SMILES string of the molecule is CCOC1=NCc2ccccc2C(C)=C1C. The van der Waals surface area contributed by atoms with E-state index in [4.69, 9.17) is 4.74 Å². The molecule has 0 atom stereocenters. The summed E-state index contributed by atoms with van der Waals surface area (Å²) in [5.41, 5.74) is 4.97. The smallest absolute Gasteiger partial charge is 0.212 e. The lowest BCUT2D eigenvalue weighted by Crippen LogP contribution is -2.06. The van der Waals surface area contributed by atoms with Crippen LogP contribution >= 0.6 is 0 Å². The van der Waals surface area contributed by atoms with Crippen LogP contribution in [0, 0.1) is 0 Å². The molecular formula is C14H17NO. The first kappa shape index (κ1) is 10.9. The van der Waals surface area contributed by atoms with Crippen LogP contribution in [-0.2, 0) is 11.3 Å². The molecule has 0 saturated heterocycles. The molecule has 0 N–H and O–H groups in total. The summed E-state index contributed by atoms with van der Waals surface area (Å²) >= 11 is 0. The van der Waals surface area contributed by atoms with E-state index in [1.807, 2.05) is 6.92 Å². The topological polar surface area (TPSA) is 21.6 Å². The average molecular weight is 215 g/mol. The van der Waals surface area contributed by atoms with E-state index in [2.05, 4.69) is 43.1 Å². The van der Waals surface area contributed by atoms with E-state index in [1.165, 1.54) is 16.7 Å². The third-order valence-electron chi connectivity index (χ3n) is 2.98. The van der Waals surface area contributed by atoms with E-state index in [0.717, 1.165) is 11.5 Å². The lowest BCUT2D eigenvalue weighted by atomic mass is 9.98. The molecule has 0 spiro atoms. The number of benzene rings is 1. The highest BCUT2D eigenvalue weighted by Crippen LogP contribution is 2.26. The molecule has 0 radical (unpaired) electrons. The number of nitrogens with zero attached hydrogens (tertiary/aromatic N) is 1. The summed E-state index contributed by atoms with van der Waals surface area (Å²) in [5, 5.41) is 0. The maximum absolute atomic E-state index is 5.57. The van der Waals surface area contributed by atoms with E-state index < -0.39 is 0 Å². The van der Waals surface area contributed by atoms with Gasteiger partial charge >= 0.3 is 0 Å². The second-order valence-electron chi connectivity index (χ2n) is 3.96. The van der Waals surface area contributed by atoms with Crippen LogP contribution in [0.4, 0.5) is 0 Å². The Hall–Kier alpha value is -1.57. The Morgan fingerprint density at radius 2 is 1.94 bits per heavy atom. The van der Waals surface area contributed by atoms with E-state index in [-0.39, 0.29) is 0 Å². The van der Waals surface area contributed by atoms with Gasteiger partial charge in [0.2, 0.25) is 5.90 Å². The van der Waals surface area contributed by atoms with Crippen molar-refractivity contribution < 1.29 is 4.74 Å². The predicted molar refractivity (Wildman–Crippen MR) is 67.5 cm³/mol. The number of rotatable bonds is 1. The Labute approximate surface area is 96.7 Å². The van der Waals surface area contributed by atoms with Crippen LogP contribution in [0.15, 0.2) is 34.8 Å². The van der Waals surface area contributed by atoms with E-state index >= 15 is 0 Å². The lowest BCUT2D eigenvalue weighted by Gasteiger charge is -2.09. The van der Waals surface area contributed by atoms with Gasteiger partial charge in [-0.2, -0.15) is 0 Å². The van der Waals surface area contributed by atoms with Crippen molar-refractivity contribution in [1.29, 1.82) is 0 Å². The molecule has 0 aliphatic carbocycles. The van der Waals surface area contributed by atoms with Gasteiger partial charge in [0.15, 0.2) is 0 Å². The average Bonchev–Trinajstić information content (AvgIpc) is 2.43. The predicted octanol–water partition coefficient (Wildman–Crippen LogP) is 3.43. The van der Waals surface area contributed by atoms with Crippen LogP contribution in [-0.4, -0.2) is 12.5 Å². The number of fused-ring (bicyclic) bond motifs is 1. The van der Waals surface area contributed by atoms with Crippen molar-refractivity contribution in [2.24, 2.45) is 4.99 Å². The summed E-state index contributed by atoms with van der Waals surface area (Å²) in [6.45, 7) is 7.57. The molecule has 0 amide bonds. The molecule has 0 bridgehead atoms. The van der Waals surface area contributed by atoms with E-state index in [9.17, 15) is 0 Å². The Morgan fingerprint density at radius 1 is 1.19 bits per heavy atom. The number of hydrogen-bond acceptors (Lipinski definition) is 2. The second kappa shape index (κ2) is 4.52. The van der Waals surface area contributed by atoms with Crippen molar-refractivity contribution in [3.63, 3.8) is 0 Å². The van der Waals surface area contributed by atoms with Gasteiger partial charge in [0.1, 0.15) is 0 Å². The molecule has 1 heterocycles. The number of ether oxygens (including phenoxy) is 1. The molecular weight excluding hydrogens is 198 g/mol. The van der Waals surface area contributed by atoms with Gasteiger partial charge in [0, 0.05) is 5.57 Å². The van der Waals surface area contributed by atoms with Crippen LogP contribution in [0.5, 0.6) is 0 Å². The molecule has 0 aromatic heterocycles. The molecule has 2 rings (SSSR count). The van der Waals surface area contributed by atoms with E-state index in [0.29, 0.717) is 13.2 Å². The van der Waals surface area contributed by atoms with Crippen molar-refractivity contribution in [2.45, 2.75) is 27.3 Å². The highest BCUT2D eigenvalue weighted by atomic mass is 16.5. The summed E-state index contributed by atoms with van der Waals surface area (Å²) in [7, 11) is 0.